The predicted octanol–water partition coefficient (Wildman–Crippen LogP) is 5.67. The number of nitrogens with one attached hydrogen (secondary N) is 1. The third-order valence-electron chi connectivity index (χ3n) is 3.61. The van der Waals surface area contributed by atoms with Crippen LogP contribution in [-0.2, 0) is 4.79 Å². The quantitative estimate of drug-likeness (QED) is 0.498. The number of carboxylic acid groups (broad SMARTS) is 1. The molecule has 0 saturated heterocycles. The molecule has 0 aliphatic heterocycles. The Morgan fingerprint density at radius 3 is 2.25 bits per heavy atom. The Labute approximate surface area is 185 Å². The number of carbonyl (C=O) groups is 2. The van der Waals surface area contributed by atoms with E-state index in [4.69, 9.17) is 30.8 Å². The summed E-state index contributed by atoms with van der Waals surface area (Å²) in [6.45, 7) is 3.91. The van der Waals surface area contributed by atoms with Gasteiger partial charge in [-0.15, -0.1) is 0 Å². The second-order valence-corrected chi connectivity index (χ2v) is 6.91. The Kier molecular flexibility index (Phi) is 8.25. The molecule has 3 aromatic rings. The number of ether oxygens (including phenoxy) is 1. The van der Waals surface area contributed by atoms with Gasteiger partial charge in [-0.3, -0.25) is 4.79 Å². The molecule has 2 N–H and O–H groups in total. The number of carboxylic acids is 1. The van der Waals surface area contributed by atoms with Gasteiger partial charge in [-0.25, -0.2) is 4.79 Å². The topological polar surface area (TPSA) is 102 Å². The molecule has 0 radical (unpaired) electrons. The number of amides is 1. The number of nitrogens with zero attached hydrogens (tertiary/aromatic N) is 1. The number of benzene rings is 2. The van der Waals surface area contributed by atoms with Gasteiger partial charge in [-0.2, -0.15) is 13.2 Å². The first kappa shape index (κ1) is 24.7. The highest BCUT2D eigenvalue weighted by Gasteiger charge is 2.38. The summed E-state index contributed by atoms with van der Waals surface area (Å²) in [5, 5.41) is 14.3. The summed E-state index contributed by atoms with van der Waals surface area (Å²) in [7, 11) is 0. The smallest absolute Gasteiger partial charge is 0.490 e. The lowest BCUT2D eigenvalue weighted by Gasteiger charge is -2.10. The lowest BCUT2D eigenvalue weighted by molar-refractivity contribution is -0.192. The van der Waals surface area contributed by atoms with Gasteiger partial charge in [0.15, 0.2) is 0 Å². The van der Waals surface area contributed by atoms with Crippen molar-refractivity contribution >= 4 is 29.2 Å². The first-order valence-electron chi connectivity index (χ1n) is 9.07. The van der Waals surface area contributed by atoms with Crippen molar-refractivity contribution in [3.8, 4) is 17.0 Å². The fraction of sp³-hybridized carbons (Fsp3) is 0.190. The maximum Gasteiger partial charge on any atom is 0.490 e. The van der Waals surface area contributed by atoms with E-state index in [1.54, 1.807) is 36.4 Å². The normalized spacial score (nSPS) is 10.8. The molecule has 1 heterocycles. The fourth-order valence-electron chi connectivity index (χ4n) is 2.26. The molecular formula is C21H18ClF3N2O5. The number of hydrogen-bond acceptors (Lipinski definition) is 5. The molecule has 1 aromatic heterocycles. The number of halogens is 4. The number of rotatable bonds is 5. The summed E-state index contributed by atoms with van der Waals surface area (Å²) in [6.07, 6.45) is -4.99. The molecule has 0 bridgehead atoms. The molecule has 170 valence electrons. The van der Waals surface area contributed by atoms with Gasteiger partial charge in [-0.05, 0) is 44.2 Å². The average Bonchev–Trinajstić information content (AvgIpc) is 3.19. The molecule has 32 heavy (non-hydrogen) atoms. The summed E-state index contributed by atoms with van der Waals surface area (Å²) < 4.78 is 42.4. The number of hydrogen-bond donors (Lipinski definition) is 2. The molecule has 0 aliphatic rings. The molecule has 2 aromatic carbocycles. The van der Waals surface area contributed by atoms with Crippen molar-refractivity contribution in [1.82, 2.24) is 5.16 Å². The lowest BCUT2D eigenvalue weighted by atomic mass is 10.1. The molecule has 0 aliphatic carbocycles. The van der Waals surface area contributed by atoms with Crippen LogP contribution in [0.4, 0.5) is 18.9 Å². The van der Waals surface area contributed by atoms with Gasteiger partial charge >= 0.3 is 12.1 Å². The Balaban J connectivity index is 0.000000451. The zero-order valence-corrected chi connectivity index (χ0v) is 17.6. The Bertz CT molecular complexity index is 1070. The minimum Gasteiger partial charge on any atom is -0.491 e. The molecule has 0 spiro atoms. The highest BCUT2D eigenvalue weighted by Crippen LogP contribution is 2.27. The molecular weight excluding hydrogens is 453 g/mol. The minimum atomic E-state index is -5.08. The highest BCUT2D eigenvalue weighted by molar-refractivity contribution is 6.33. The van der Waals surface area contributed by atoms with E-state index < -0.39 is 12.1 Å². The van der Waals surface area contributed by atoms with Gasteiger partial charge in [0.1, 0.15) is 11.4 Å². The SMILES string of the molecule is CC(C)Oc1ccc(NC(=O)c2cc(-c3ccccc3Cl)no2)cc1.O=C(O)C(F)(F)F. The monoisotopic (exact) mass is 470 g/mol. The first-order valence-corrected chi connectivity index (χ1v) is 9.45. The van der Waals surface area contributed by atoms with Crippen molar-refractivity contribution in [2.45, 2.75) is 26.1 Å². The van der Waals surface area contributed by atoms with Crippen molar-refractivity contribution in [2.75, 3.05) is 5.32 Å². The van der Waals surface area contributed by atoms with Crippen molar-refractivity contribution in [3.05, 3.63) is 65.4 Å². The van der Waals surface area contributed by atoms with Gasteiger partial charge in [0.2, 0.25) is 5.76 Å². The highest BCUT2D eigenvalue weighted by atomic mass is 35.5. The Morgan fingerprint density at radius 2 is 1.72 bits per heavy atom. The number of aliphatic carboxylic acids is 1. The van der Waals surface area contributed by atoms with E-state index >= 15 is 0 Å². The van der Waals surface area contributed by atoms with Gasteiger partial charge in [0.25, 0.3) is 5.91 Å². The molecule has 0 saturated carbocycles. The van der Waals surface area contributed by atoms with E-state index in [2.05, 4.69) is 10.5 Å². The number of alkyl halides is 3. The van der Waals surface area contributed by atoms with E-state index in [1.165, 1.54) is 0 Å². The maximum atomic E-state index is 12.3. The van der Waals surface area contributed by atoms with Crippen LogP contribution in [-0.4, -0.2) is 34.4 Å². The van der Waals surface area contributed by atoms with E-state index in [0.29, 0.717) is 22.0 Å². The standard InChI is InChI=1S/C19H17ClN2O3.C2HF3O2/c1-12(2)24-14-9-7-13(8-10-14)21-19(23)18-11-17(22-25-18)15-5-3-4-6-16(15)20;3-2(4,5)1(6)7/h3-12H,1-2H3,(H,21,23);(H,6,7). The van der Waals surface area contributed by atoms with Gasteiger partial charge < -0.3 is 19.7 Å². The van der Waals surface area contributed by atoms with Crippen LogP contribution in [0.5, 0.6) is 5.75 Å². The summed E-state index contributed by atoms with van der Waals surface area (Å²) in [5.74, 6) is -2.29. The zero-order chi connectivity index (χ0) is 23.9. The van der Waals surface area contributed by atoms with Crippen molar-refractivity contribution in [1.29, 1.82) is 0 Å². The molecule has 0 unspecified atom stereocenters. The van der Waals surface area contributed by atoms with Crippen LogP contribution >= 0.6 is 11.6 Å². The van der Waals surface area contributed by atoms with Crippen molar-refractivity contribution in [3.63, 3.8) is 0 Å². The second kappa shape index (κ2) is 10.7. The van der Waals surface area contributed by atoms with E-state index in [0.717, 1.165) is 5.75 Å². The Morgan fingerprint density at radius 1 is 1.12 bits per heavy atom. The van der Waals surface area contributed by atoms with Crippen LogP contribution in [0.25, 0.3) is 11.3 Å². The maximum absolute atomic E-state index is 12.3. The molecule has 11 heteroatoms. The first-order chi connectivity index (χ1) is 15.0. The van der Waals surface area contributed by atoms with E-state index in [-0.39, 0.29) is 17.8 Å². The summed E-state index contributed by atoms with van der Waals surface area (Å²) >= 11 is 6.13. The molecule has 0 atom stereocenters. The number of anilines is 1. The van der Waals surface area contributed by atoms with E-state index in [9.17, 15) is 18.0 Å². The average molecular weight is 471 g/mol. The van der Waals surface area contributed by atoms with Crippen molar-refractivity contribution < 1.29 is 37.1 Å². The summed E-state index contributed by atoms with van der Waals surface area (Å²) in [4.78, 5) is 21.2. The fourth-order valence-corrected chi connectivity index (χ4v) is 2.49. The van der Waals surface area contributed by atoms with Gasteiger partial charge in [0, 0.05) is 17.3 Å². The molecule has 1 amide bonds. The molecule has 3 rings (SSSR count). The van der Waals surface area contributed by atoms with E-state index in [1.807, 2.05) is 32.0 Å². The van der Waals surface area contributed by atoms with Gasteiger partial charge in [0.05, 0.1) is 11.1 Å². The third kappa shape index (κ3) is 7.31. The van der Waals surface area contributed by atoms with Crippen LogP contribution in [0.2, 0.25) is 5.02 Å². The number of carbonyl (C=O) groups excluding carboxylic acids is 1. The predicted molar refractivity (Wildman–Crippen MR) is 111 cm³/mol. The Hall–Kier alpha value is -3.53. The van der Waals surface area contributed by atoms with Crippen LogP contribution in [0, 0.1) is 0 Å². The molecule has 7 nitrogen and oxygen atoms in total. The summed E-state index contributed by atoms with van der Waals surface area (Å²) in [5.41, 5.74) is 1.86. The van der Waals surface area contributed by atoms with Crippen LogP contribution < -0.4 is 10.1 Å². The van der Waals surface area contributed by atoms with Crippen LogP contribution in [0.1, 0.15) is 24.4 Å². The lowest BCUT2D eigenvalue weighted by Crippen LogP contribution is -2.21. The summed E-state index contributed by atoms with van der Waals surface area (Å²) in [6, 6.07) is 15.9. The zero-order valence-electron chi connectivity index (χ0n) is 16.8. The minimum absolute atomic E-state index is 0.0952. The van der Waals surface area contributed by atoms with Crippen LogP contribution in [0.15, 0.2) is 59.1 Å². The largest absolute Gasteiger partial charge is 0.491 e. The molecule has 0 fully saturated rings. The van der Waals surface area contributed by atoms with Crippen LogP contribution in [0.3, 0.4) is 0 Å². The third-order valence-corrected chi connectivity index (χ3v) is 3.94. The van der Waals surface area contributed by atoms with Crippen molar-refractivity contribution in [2.24, 2.45) is 0 Å². The van der Waals surface area contributed by atoms with Gasteiger partial charge in [-0.1, -0.05) is 35.0 Å². The second-order valence-electron chi connectivity index (χ2n) is 6.50. The number of aromatic nitrogens is 1.